The number of nitrogens with one attached hydrogen (secondary N) is 1. The van der Waals surface area contributed by atoms with E-state index < -0.39 is 0 Å². The van der Waals surface area contributed by atoms with Gasteiger partial charge in [0.05, 0.1) is 12.8 Å². The largest absolute Gasteiger partial charge is 0.381 e. The first-order valence-corrected chi connectivity index (χ1v) is 9.96. The zero-order valence-electron chi connectivity index (χ0n) is 14.7. The lowest BCUT2D eigenvalue weighted by Gasteiger charge is -2.45. The van der Waals surface area contributed by atoms with Crippen molar-refractivity contribution >= 4 is 23.3 Å². The standard InChI is InChI=1S/C17H20ClN7O2/c18-17-19-7-12-24(17)11-4-2-1-3-10(11)14-21-22-15(25(12)14)16-20-13(23-27-16)9-5-6-26-8-9/h7,9-11,14,21H,1-6,8H2. The van der Waals surface area contributed by atoms with Gasteiger partial charge in [-0.1, -0.05) is 18.0 Å². The summed E-state index contributed by atoms with van der Waals surface area (Å²) in [5, 5.41) is 9.27. The van der Waals surface area contributed by atoms with Gasteiger partial charge >= 0.3 is 0 Å². The monoisotopic (exact) mass is 389 g/mol. The number of halogens is 1. The average molecular weight is 390 g/mol. The maximum Gasteiger partial charge on any atom is 0.295 e. The van der Waals surface area contributed by atoms with E-state index in [2.05, 4.69) is 35.1 Å². The summed E-state index contributed by atoms with van der Waals surface area (Å²) in [6.07, 6.45) is 7.47. The molecule has 3 aliphatic heterocycles. The van der Waals surface area contributed by atoms with E-state index in [0.717, 1.165) is 31.7 Å². The summed E-state index contributed by atoms with van der Waals surface area (Å²) in [7, 11) is 0. The Balaban J connectivity index is 1.39. The fourth-order valence-electron chi connectivity index (χ4n) is 4.93. The van der Waals surface area contributed by atoms with Gasteiger partial charge in [-0.2, -0.15) is 10.1 Å². The molecule has 9 nitrogen and oxygen atoms in total. The van der Waals surface area contributed by atoms with E-state index in [4.69, 9.17) is 20.9 Å². The van der Waals surface area contributed by atoms with E-state index in [0.29, 0.717) is 41.4 Å². The Labute approximate surface area is 160 Å². The molecule has 1 saturated heterocycles. The summed E-state index contributed by atoms with van der Waals surface area (Å²) in [5.41, 5.74) is 3.31. The minimum atomic E-state index is 0.0655. The van der Waals surface area contributed by atoms with Gasteiger partial charge < -0.3 is 9.26 Å². The van der Waals surface area contributed by atoms with Crippen LogP contribution in [-0.2, 0) is 4.74 Å². The van der Waals surface area contributed by atoms with E-state index in [1.807, 2.05) is 6.20 Å². The number of hydrazone groups is 1. The average Bonchev–Trinajstić information content (AvgIpc) is 3.46. The molecule has 1 N–H and O–H groups in total. The Bertz CT molecular complexity index is 903. The van der Waals surface area contributed by atoms with Crippen LogP contribution in [-0.4, -0.2) is 44.9 Å². The number of rotatable bonds is 2. The smallest absolute Gasteiger partial charge is 0.295 e. The molecule has 1 saturated carbocycles. The lowest BCUT2D eigenvalue weighted by atomic mass is 9.80. The molecule has 0 radical (unpaired) electrons. The predicted octanol–water partition coefficient (Wildman–Crippen LogP) is 2.27. The molecule has 0 bridgehead atoms. The first-order valence-electron chi connectivity index (χ1n) is 9.58. The summed E-state index contributed by atoms with van der Waals surface area (Å²) in [6.45, 7) is 1.38. The summed E-state index contributed by atoms with van der Waals surface area (Å²) in [6, 6.07) is 0.348. The summed E-state index contributed by atoms with van der Waals surface area (Å²) >= 11 is 6.45. The van der Waals surface area contributed by atoms with Crippen LogP contribution in [0.25, 0.3) is 0 Å². The van der Waals surface area contributed by atoms with Crippen LogP contribution in [0.1, 0.15) is 55.8 Å². The molecule has 1 aliphatic carbocycles. The van der Waals surface area contributed by atoms with Gasteiger partial charge in [0.1, 0.15) is 12.0 Å². The molecule has 2 fully saturated rings. The van der Waals surface area contributed by atoms with Gasteiger partial charge in [-0.05, 0) is 30.9 Å². The highest BCUT2D eigenvalue weighted by molar-refractivity contribution is 6.28. The van der Waals surface area contributed by atoms with Gasteiger partial charge in [-0.3, -0.25) is 14.9 Å². The first-order chi connectivity index (χ1) is 13.3. The lowest BCUT2D eigenvalue weighted by molar-refractivity contribution is 0.176. The van der Waals surface area contributed by atoms with Crippen molar-refractivity contribution in [2.75, 3.05) is 18.1 Å². The topological polar surface area (TPSA) is 93.6 Å². The molecule has 2 aromatic rings. The van der Waals surface area contributed by atoms with E-state index >= 15 is 0 Å². The molecule has 5 heterocycles. The predicted molar refractivity (Wildman–Crippen MR) is 96.6 cm³/mol. The lowest BCUT2D eigenvalue weighted by Crippen LogP contribution is -2.53. The van der Waals surface area contributed by atoms with Crippen molar-refractivity contribution in [2.24, 2.45) is 11.0 Å². The zero-order chi connectivity index (χ0) is 18.0. The van der Waals surface area contributed by atoms with Crippen LogP contribution in [0.2, 0.25) is 5.28 Å². The summed E-state index contributed by atoms with van der Waals surface area (Å²) in [5.74, 6) is 3.28. The van der Waals surface area contributed by atoms with Crippen LogP contribution in [0.5, 0.6) is 0 Å². The number of aromatic nitrogens is 4. The van der Waals surface area contributed by atoms with Crippen LogP contribution >= 0.6 is 11.6 Å². The summed E-state index contributed by atoms with van der Waals surface area (Å²) in [4.78, 5) is 11.1. The normalized spacial score (nSPS) is 31.9. The maximum atomic E-state index is 6.45. The number of anilines is 1. The van der Waals surface area contributed by atoms with E-state index in [1.165, 1.54) is 12.8 Å². The molecule has 27 heavy (non-hydrogen) atoms. The minimum absolute atomic E-state index is 0.0655. The zero-order valence-corrected chi connectivity index (χ0v) is 15.5. The van der Waals surface area contributed by atoms with Crippen molar-refractivity contribution in [1.82, 2.24) is 25.1 Å². The highest BCUT2D eigenvalue weighted by atomic mass is 35.5. The third-order valence-corrected chi connectivity index (χ3v) is 6.51. The highest BCUT2D eigenvalue weighted by Crippen LogP contribution is 2.47. The number of fused-ring (bicyclic) bond motifs is 6. The van der Waals surface area contributed by atoms with E-state index in [-0.39, 0.29) is 12.1 Å². The van der Waals surface area contributed by atoms with Crippen LogP contribution in [0.15, 0.2) is 15.8 Å². The summed E-state index contributed by atoms with van der Waals surface area (Å²) < 4.78 is 13.2. The van der Waals surface area contributed by atoms with Crippen molar-refractivity contribution in [3.8, 4) is 0 Å². The van der Waals surface area contributed by atoms with Crippen LogP contribution in [0, 0.1) is 5.92 Å². The maximum absolute atomic E-state index is 6.45. The molecule has 4 unspecified atom stereocenters. The van der Waals surface area contributed by atoms with Crippen molar-refractivity contribution in [3.05, 3.63) is 23.2 Å². The van der Waals surface area contributed by atoms with Crippen molar-refractivity contribution < 1.29 is 9.26 Å². The Morgan fingerprint density at radius 2 is 2.15 bits per heavy atom. The van der Waals surface area contributed by atoms with Crippen LogP contribution in [0.4, 0.5) is 5.82 Å². The second kappa shape index (κ2) is 5.93. The number of amidine groups is 1. The van der Waals surface area contributed by atoms with E-state index in [1.54, 1.807) is 0 Å². The number of ether oxygens (including phenoxy) is 1. The Hall–Kier alpha value is -2.13. The second-order valence-electron chi connectivity index (χ2n) is 7.67. The fourth-order valence-corrected chi connectivity index (χ4v) is 5.19. The SMILES string of the molecule is Clc1ncc2n1C1CCCCC1C1NN=C(c3nc(C4CCOC4)no3)N21. The molecular weight excluding hydrogens is 370 g/mol. The Morgan fingerprint density at radius 1 is 1.22 bits per heavy atom. The van der Waals surface area contributed by atoms with Crippen LogP contribution in [0.3, 0.4) is 0 Å². The molecule has 6 rings (SSSR count). The highest BCUT2D eigenvalue weighted by Gasteiger charge is 2.48. The molecule has 4 atom stereocenters. The molecule has 0 spiro atoms. The Kier molecular flexibility index (Phi) is 3.49. The fraction of sp³-hybridized carbons (Fsp3) is 0.647. The van der Waals surface area contributed by atoms with Crippen molar-refractivity contribution in [1.29, 1.82) is 0 Å². The van der Waals surface area contributed by atoms with Gasteiger partial charge in [0.2, 0.25) is 11.1 Å². The molecule has 142 valence electrons. The number of hydrogen-bond acceptors (Lipinski definition) is 8. The van der Waals surface area contributed by atoms with Gasteiger partial charge in [-0.25, -0.2) is 4.98 Å². The third-order valence-electron chi connectivity index (χ3n) is 6.23. The van der Waals surface area contributed by atoms with Gasteiger partial charge in [-0.15, -0.1) is 0 Å². The first kappa shape index (κ1) is 15.9. The van der Waals surface area contributed by atoms with E-state index in [9.17, 15) is 0 Å². The minimum Gasteiger partial charge on any atom is -0.381 e. The van der Waals surface area contributed by atoms with Crippen LogP contribution < -0.4 is 10.3 Å². The Morgan fingerprint density at radius 3 is 3.04 bits per heavy atom. The number of nitrogens with zero attached hydrogens (tertiary/aromatic N) is 6. The van der Waals surface area contributed by atoms with Crippen molar-refractivity contribution in [3.63, 3.8) is 0 Å². The molecule has 0 aromatic carbocycles. The van der Waals surface area contributed by atoms with Crippen molar-refractivity contribution in [2.45, 2.75) is 50.2 Å². The molecule has 4 aliphatic rings. The number of imidazole rings is 1. The number of hydrogen-bond donors (Lipinski definition) is 1. The second-order valence-corrected chi connectivity index (χ2v) is 8.01. The molecule has 2 aromatic heterocycles. The van der Waals surface area contributed by atoms with Gasteiger partial charge in [0.25, 0.3) is 5.89 Å². The van der Waals surface area contributed by atoms with Gasteiger partial charge in [0.15, 0.2) is 5.82 Å². The van der Waals surface area contributed by atoms with Gasteiger partial charge in [0, 0.05) is 24.5 Å². The quantitative estimate of drug-likeness (QED) is 0.841. The molecular formula is C17H20ClN7O2. The molecule has 0 amide bonds. The molecule has 10 heteroatoms. The third kappa shape index (κ3) is 2.27.